The molecule has 19 heavy (non-hydrogen) atoms. The molecule has 5 heteroatoms. The van der Waals surface area contributed by atoms with E-state index in [2.05, 4.69) is 34.0 Å². The number of carbonyl (C=O) groups excluding carboxylic acids is 1. The number of amides is 1. The number of carbonyl (C=O) groups is 1. The minimum Gasteiger partial charge on any atom is -0.484 e. The summed E-state index contributed by atoms with van der Waals surface area (Å²) in [6.07, 6.45) is 0. The van der Waals surface area contributed by atoms with Gasteiger partial charge in [0.1, 0.15) is 11.3 Å². The van der Waals surface area contributed by atoms with Gasteiger partial charge in [-0.1, -0.05) is 13.8 Å². The van der Waals surface area contributed by atoms with Crippen LogP contribution in [0.3, 0.4) is 0 Å². The molecule has 0 heterocycles. The molecule has 1 aromatic carbocycles. The Labute approximate surface area is 127 Å². The van der Waals surface area contributed by atoms with Gasteiger partial charge in [0.25, 0.3) is 5.91 Å². The molecular formula is C14H17IN2O2. The number of nitrogens with one attached hydrogen (secondary N) is 1. The largest absolute Gasteiger partial charge is 0.484 e. The number of benzene rings is 1. The third kappa shape index (κ3) is 4.71. The molecule has 0 radical (unpaired) electrons. The van der Waals surface area contributed by atoms with Gasteiger partial charge in [0.2, 0.25) is 0 Å². The van der Waals surface area contributed by atoms with E-state index in [0.29, 0.717) is 5.75 Å². The van der Waals surface area contributed by atoms with Gasteiger partial charge >= 0.3 is 0 Å². The summed E-state index contributed by atoms with van der Waals surface area (Å²) in [5.41, 5.74) is -0.869. The van der Waals surface area contributed by atoms with Crippen LogP contribution in [-0.4, -0.2) is 18.1 Å². The molecule has 0 aliphatic rings. The van der Waals surface area contributed by atoms with Crippen molar-refractivity contribution in [2.24, 2.45) is 5.92 Å². The second-order valence-electron chi connectivity index (χ2n) is 4.76. The van der Waals surface area contributed by atoms with E-state index < -0.39 is 5.54 Å². The molecule has 0 aliphatic carbocycles. The van der Waals surface area contributed by atoms with Crippen LogP contribution in [0.2, 0.25) is 0 Å². The SMILES string of the molecule is CC(C)C(C)(C#N)NC(=O)COc1ccc(I)cc1. The predicted molar refractivity (Wildman–Crippen MR) is 81.7 cm³/mol. The summed E-state index contributed by atoms with van der Waals surface area (Å²) in [6, 6.07) is 9.55. The Hall–Kier alpha value is -1.29. The van der Waals surface area contributed by atoms with Crippen LogP contribution in [0.25, 0.3) is 0 Å². The first kappa shape index (κ1) is 15.8. The molecule has 0 aromatic heterocycles. The molecule has 0 fully saturated rings. The fourth-order valence-corrected chi connectivity index (χ4v) is 1.67. The maximum Gasteiger partial charge on any atom is 0.259 e. The van der Waals surface area contributed by atoms with E-state index in [4.69, 9.17) is 10.00 Å². The molecule has 1 amide bonds. The molecule has 1 atom stereocenters. The lowest BCUT2D eigenvalue weighted by Gasteiger charge is -2.27. The minimum absolute atomic E-state index is 0.0275. The highest BCUT2D eigenvalue weighted by molar-refractivity contribution is 14.1. The maximum absolute atomic E-state index is 11.8. The van der Waals surface area contributed by atoms with Crippen molar-refractivity contribution in [2.75, 3.05) is 6.61 Å². The van der Waals surface area contributed by atoms with Crippen molar-refractivity contribution in [3.63, 3.8) is 0 Å². The molecule has 1 aromatic rings. The molecule has 0 saturated heterocycles. The lowest BCUT2D eigenvalue weighted by atomic mass is 9.90. The average Bonchev–Trinajstić information content (AvgIpc) is 2.37. The predicted octanol–water partition coefficient (Wildman–Crippen LogP) is 2.72. The Morgan fingerprint density at radius 3 is 2.53 bits per heavy atom. The summed E-state index contributed by atoms with van der Waals surface area (Å²) in [5, 5.41) is 11.8. The monoisotopic (exact) mass is 372 g/mol. The van der Waals surface area contributed by atoms with Crippen molar-refractivity contribution >= 4 is 28.5 Å². The highest BCUT2D eigenvalue weighted by atomic mass is 127. The number of hydrogen-bond acceptors (Lipinski definition) is 3. The van der Waals surface area contributed by atoms with Crippen LogP contribution in [0.1, 0.15) is 20.8 Å². The van der Waals surface area contributed by atoms with Crippen LogP contribution in [0.4, 0.5) is 0 Å². The van der Waals surface area contributed by atoms with Crippen LogP contribution < -0.4 is 10.1 Å². The Kier molecular flexibility index (Phi) is 5.60. The van der Waals surface area contributed by atoms with E-state index in [-0.39, 0.29) is 18.4 Å². The Morgan fingerprint density at radius 1 is 1.47 bits per heavy atom. The van der Waals surface area contributed by atoms with E-state index >= 15 is 0 Å². The fraction of sp³-hybridized carbons (Fsp3) is 0.429. The first-order valence-electron chi connectivity index (χ1n) is 5.98. The summed E-state index contributed by atoms with van der Waals surface area (Å²) >= 11 is 2.20. The van der Waals surface area contributed by atoms with Crippen molar-refractivity contribution in [3.05, 3.63) is 27.8 Å². The molecule has 1 N–H and O–H groups in total. The van der Waals surface area contributed by atoms with Crippen molar-refractivity contribution in [2.45, 2.75) is 26.3 Å². The molecule has 1 unspecified atom stereocenters. The number of ether oxygens (including phenoxy) is 1. The van der Waals surface area contributed by atoms with Crippen molar-refractivity contribution < 1.29 is 9.53 Å². The van der Waals surface area contributed by atoms with Crippen molar-refractivity contribution in [1.82, 2.24) is 5.32 Å². The van der Waals surface area contributed by atoms with E-state index in [1.807, 2.05) is 26.0 Å². The summed E-state index contributed by atoms with van der Waals surface area (Å²) in [4.78, 5) is 11.8. The van der Waals surface area contributed by atoms with Gasteiger partial charge in [0, 0.05) is 3.57 Å². The number of rotatable bonds is 5. The number of nitrogens with zero attached hydrogens (tertiary/aromatic N) is 1. The zero-order chi connectivity index (χ0) is 14.5. The molecular weight excluding hydrogens is 355 g/mol. The molecule has 0 bridgehead atoms. The Bertz CT molecular complexity index is 479. The topological polar surface area (TPSA) is 62.1 Å². The van der Waals surface area contributed by atoms with Gasteiger partial charge in [-0.15, -0.1) is 0 Å². The maximum atomic E-state index is 11.8. The molecule has 0 spiro atoms. The lowest BCUT2D eigenvalue weighted by molar-refractivity contribution is -0.124. The smallest absolute Gasteiger partial charge is 0.259 e. The standard InChI is InChI=1S/C14H17IN2O2/c1-10(2)14(3,9-16)17-13(18)8-19-12-6-4-11(15)5-7-12/h4-7,10H,8H2,1-3H3,(H,17,18). The molecule has 1 rings (SSSR count). The average molecular weight is 372 g/mol. The van der Waals surface area contributed by atoms with Gasteiger partial charge in [-0.3, -0.25) is 4.79 Å². The minimum atomic E-state index is -0.869. The van der Waals surface area contributed by atoms with E-state index in [0.717, 1.165) is 3.57 Å². The lowest BCUT2D eigenvalue weighted by Crippen LogP contribution is -2.50. The van der Waals surface area contributed by atoms with E-state index in [9.17, 15) is 4.79 Å². The Balaban J connectivity index is 2.53. The second-order valence-corrected chi connectivity index (χ2v) is 6.01. The summed E-state index contributed by atoms with van der Waals surface area (Å²) in [7, 11) is 0. The first-order chi connectivity index (χ1) is 8.87. The summed E-state index contributed by atoms with van der Waals surface area (Å²) in [6.45, 7) is 5.40. The number of hydrogen-bond donors (Lipinski definition) is 1. The van der Waals surface area contributed by atoms with Gasteiger partial charge in [-0.25, -0.2) is 0 Å². The molecule has 4 nitrogen and oxygen atoms in total. The fourth-order valence-electron chi connectivity index (χ4n) is 1.31. The van der Waals surface area contributed by atoms with Gasteiger partial charge in [0.05, 0.1) is 6.07 Å². The zero-order valence-corrected chi connectivity index (χ0v) is 13.4. The molecule has 0 aliphatic heterocycles. The van der Waals surface area contributed by atoms with Gasteiger partial charge < -0.3 is 10.1 Å². The summed E-state index contributed by atoms with van der Waals surface area (Å²) in [5.74, 6) is 0.370. The quantitative estimate of drug-likeness (QED) is 0.809. The highest BCUT2D eigenvalue weighted by Gasteiger charge is 2.29. The van der Waals surface area contributed by atoms with Crippen LogP contribution in [-0.2, 0) is 4.79 Å². The third-order valence-electron chi connectivity index (χ3n) is 2.97. The van der Waals surface area contributed by atoms with E-state index in [1.54, 1.807) is 19.1 Å². The second kappa shape index (κ2) is 6.75. The molecule has 0 saturated carbocycles. The first-order valence-corrected chi connectivity index (χ1v) is 7.06. The van der Waals surface area contributed by atoms with Crippen LogP contribution >= 0.6 is 22.6 Å². The van der Waals surface area contributed by atoms with Gasteiger partial charge in [-0.05, 0) is 59.7 Å². The zero-order valence-electron chi connectivity index (χ0n) is 11.2. The normalized spacial score (nSPS) is 13.5. The summed E-state index contributed by atoms with van der Waals surface area (Å²) < 4.78 is 6.47. The van der Waals surface area contributed by atoms with Gasteiger partial charge in [0.15, 0.2) is 6.61 Å². The van der Waals surface area contributed by atoms with Crippen LogP contribution in [0.15, 0.2) is 24.3 Å². The van der Waals surface area contributed by atoms with E-state index in [1.165, 1.54) is 0 Å². The van der Waals surface area contributed by atoms with Crippen LogP contribution in [0.5, 0.6) is 5.75 Å². The molecule has 102 valence electrons. The van der Waals surface area contributed by atoms with Crippen molar-refractivity contribution in [1.29, 1.82) is 5.26 Å². The van der Waals surface area contributed by atoms with Crippen molar-refractivity contribution in [3.8, 4) is 11.8 Å². The third-order valence-corrected chi connectivity index (χ3v) is 3.69. The van der Waals surface area contributed by atoms with Crippen LogP contribution in [0, 0.1) is 20.8 Å². The highest BCUT2D eigenvalue weighted by Crippen LogP contribution is 2.16. The van der Waals surface area contributed by atoms with Gasteiger partial charge in [-0.2, -0.15) is 5.26 Å². The number of nitriles is 1. The number of halogens is 1. The Morgan fingerprint density at radius 2 is 2.05 bits per heavy atom.